The van der Waals surface area contributed by atoms with Crippen LogP contribution in [-0.2, 0) is 16.1 Å². The summed E-state index contributed by atoms with van der Waals surface area (Å²) in [4.78, 5) is 14.4. The summed E-state index contributed by atoms with van der Waals surface area (Å²) in [5.41, 5.74) is 3.94. The number of hydrogen-bond donors (Lipinski definition) is 0. The molecule has 0 radical (unpaired) electrons. The number of aromatic nitrogens is 2. The Balaban J connectivity index is 1.70. The van der Waals surface area contributed by atoms with E-state index in [-0.39, 0.29) is 12.0 Å². The van der Waals surface area contributed by atoms with Crippen molar-refractivity contribution in [3.8, 4) is 0 Å². The van der Waals surface area contributed by atoms with Crippen molar-refractivity contribution in [3.63, 3.8) is 0 Å². The van der Waals surface area contributed by atoms with E-state index in [1.807, 2.05) is 53.8 Å². The molecule has 0 saturated carbocycles. The second-order valence-corrected chi connectivity index (χ2v) is 7.33. The summed E-state index contributed by atoms with van der Waals surface area (Å²) >= 11 is 6.27. The van der Waals surface area contributed by atoms with E-state index in [4.69, 9.17) is 16.3 Å². The molecule has 0 N–H and O–H groups in total. The molecule has 5 nitrogen and oxygen atoms in total. The summed E-state index contributed by atoms with van der Waals surface area (Å²) in [6, 6.07) is 7.78. The Kier molecular flexibility index (Phi) is 6.34. The van der Waals surface area contributed by atoms with Crippen LogP contribution in [0.5, 0.6) is 0 Å². The highest BCUT2D eigenvalue weighted by molar-refractivity contribution is 6.31. The molecule has 0 aliphatic carbocycles. The van der Waals surface area contributed by atoms with Gasteiger partial charge in [-0.1, -0.05) is 29.8 Å². The van der Waals surface area contributed by atoms with Crippen LogP contribution in [0.1, 0.15) is 35.4 Å². The molecule has 144 valence electrons. The van der Waals surface area contributed by atoms with Crippen molar-refractivity contribution in [1.29, 1.82) is 0 Å². The van der Waals surface area contributed by atoms with Gasteiger partial charge in [0.2, 0.25) is 5.91 Å². The van der Waals surface area contributed by atoms with Crippen LogP contribution in [0.2, 0.25) is 5.02 Å². The summed E-state index contributed by atoms with van der Waals surface area (Å²) in [6.07, 6.45) is 5.59. The van der Waals surface area contributed by atoms with E-state index >= 15 is 0 Å². The van der Waals surface area contributed by atoms with Gasteiger partial charge in [-0.2, -0.15) is 5.10 Å². The number of hydrogen-bond acceptors (Lipinski definition) is 3. The zero-order valence-corrected chi connectivity index (χ0v) is 16.9. The lowest BCUT2D eigenvalue weighted by Gasteiger charge is -2.30. The second kappa shape index (κ2) is 8.72. The van der Waals surface area contributed by atoms with Gasteiger partial charge in [0.25, 0.3) is 0 Å². The van der Waals surface area contributed by atoms with Crippen molar-refractivity contribution in [2.75, 3.05) is 20.2 Å². The fourth-order valence-corrected chi connectivity index (χ4v) is 3.66. The smallest absolute Gasteiger partial charge is 0.246 e. The van der Waals surface area contributed by atoms with Crippen LogP contribution in [0.4, 0.5) is 0 Å². The Morgan fingerprint density at radius 3 is 2.67 bits per heavy atom. The molecule has 1 aliphatic heterocycles. The van der Waals surface area contributed by atoms with E-state index in [1.54, 1.807) is 13.2 Å². The summed E-state index contributed by atoms with van der Waals surface area (Å²) in [6.45, 7) is 6.07. The van der Waals surface area contributed by atoms with Crippen molar-refractivity contribution in [1.82, 2.24) is 14.7 Å². The third kappa shape index (κ3) is 4.60. The Labute approximate surface area is 165 Å². The standard InChI is InChI=1S/C21H26ClN3O2/c1-15-19(8-9-21(26)24-12-10-18(27-3)11-13-24)16(2)25(23-15)14-17-6-4-5-7-20(17)22/h4-9,18H,10-14H2,1-3H3. The van der Waals surface area contributed by atoms with Crippen LogP contribution in [0.15, 0.2) is 30.3 Å². The number of amides is 1. The molecule has 3 rings (SSSR count). The van der Waals surface area contributed by atoms with Gasteiger partial charge in [-0.25, -0.2) is 0 Å². The number of rotatable bonds is 5. The minimum atomic E-state index is 0.0437. The molecule has 1 aliphatic rings. The largest absolute Gasteiger partial charge is 0.381 e. The highest BCUT2D eigenvalue weighted by Crippen LogP contribution is 2.21. The van der Waals surface area contributed by atoms with Crippen molar-refractivity contribution in [3.05, 3.63) is 57.9 Å². The maximum Gasteiger partial charge on any atom is 0.246 e. The quantitative estimate of drug-likeness (QED) is 0.732. The first-order chi connectivity index (χ1) is 13.0. The maximum atomic E-state index is 12.5. The summed E-state index contributed by atoms with van der Waals surface area (Å²) in [7, 11) is 1.73. The van der Waals surface area contributed by atoms with Gasteiger partial charge in [-0.05, 0) is 44.4 Å². The Bertz CT molecular complexity index is 836. The predicted molar refractivity (Wildman–Crippen MR) is 108 cm³/mol. The lowest BCUT2D eigenvalue weighted by Crippen LogP contribution is -2.39. The van der Waals surface area contributed by atoms with Gasteiger partial charge >= 0.3 is 0 Å². The molecule has 1 aromatic carbocycles. The highest BCUT2D eigenvalue weighted by Gasteiger charge is 2.21. The SMILES string of the molecule is COC1CCN(C(=O)C=Cc2c(C)nn(Cc3ccccc3Cl)c2C)CC1. The number of likely N-dealkylation sites (tertiary alicyclic amines) is 1. The van der Waals surface area contributed by atoms with Crippen LogP contribution in [0, 0.1) is 13.8 Å². The lowest BCUT2D eigenvalue weighted by atomic mass is 10.1. The fourth-order valence-electron chi connectivity index (χ4n) is 3.47. The molecule has 0 spiro atoms. The Morgan fingerprint density at radius 1 is 1.30 bits per heavy atom. The lowest BCUT2D eigenvalue weighted by molar-refractivity contribution is -0.128. The molecule has 0 unspecified atom stereocenters. The van der Waals surface area contributed by atoms with E-state index in [0.29, 0.717) is 6.54 Å². The number of benzene rings is 1. The number of ether oxygens (including phenoxy) is 1. The highest BCUT2D eigenvalue weighted by atomic mass is 35.5. The third-order valence-electron chi connectivity index (χ3n) is 5.19. The first-order valence-corrected chi connectivity index (χ1v) is 9.64. The summed E-state index contributed by atoms with van der Waals surface area (Å²) in [5.74, 6) is 0.0437. The maximum absolute atomic E-state index is 12.5. The molecular formula is C21H26ClN3O2. The van der Waals surface area contributed by atoms with Crippen molar-refractivity contribution in [2.45, 2.75) is 39.3 Å². The van der Waals surface area contributed by atoms with Gasteiger partial charge in [0.15, 0.2) is 0 Å². The summed E-state index contributed by atoms with van der Waals surface area (Å²) < 4.78 is 7.30. The fraction of sp³-hybridized carbons (Fsp3) is 0.429. The second-order valence-electron chi connectivity index (χ2n) is 6.93. The van der Waals surface area contributed by atoms with Gasteiger partial charge in [-0.3, -0.25) is 9.48 Å². The average molecular weight is 388 g/mol. The van der Waals surface area contributed by atoms with Crippen LogP contribution < -0.4 is 0 Å². The van der Waals surface area contributed by atoms with Crippen LogP contribution in [0.25, 0.3) is 6.08 Å². The number of halogens is 1. The van der Waals surface area contributed by atoms with E-state index in [9.17, 15) is 4.79 Å². The molecule has 6 heteroatoms. The number of carbonyl (C=O) groups is 1. The van der Waals surface area contributed by atoms with Gasteiger partial charge in [0.05, 0.1) is 18.3 Å². The average Bonchev–Trinajstić information content (AvgIpc) is 2.94. The molecule has 27 heavy (non-hydrogen) atoms. The number of carbonyl (C=O) groups excluding carboxylic acids is 1. The molecule has 0 atom stereocenters. The first kappa shape index (κ1) is 19.6. The number of methoxy groups -OCH3 is 1. The Hall–Kier alpha value is -2.11. The van der Waals surface area contributed by atoms with Crippen LogP contribution in [-0.4, -0.2) is 46.9 Å². The zero-order chi connectivity index (χ0) is 19.4. The third-order valence-corrected chi connectivity index (χ3v) is 5.56. The minimum absolute atomic E-state index is 0.0437. The number of nitrogens with zero attached hydrogens (tertiary/aromatic N) is 3. The minimum Gasteiger partial charge on any atom is -0.381 e. The van der Waals surface area contributed by atoms with E-state index in [1.165, 1.54) is 0 Å². The summed E-state index contributed by atoms with van der Waals surface area (Å²) in [5, 5.41) is 5.36. The van der Waals surface area contributed by atoms with E-state index in [2.05, 4.69) is 5.10 Å². The monoisotopic (exact) mass is 387 g/mol. The normalized spacial score (nSPS) is 15.6. The molecule has 1 aromatic heterocycles. The van der Waals surface area contributed by atoms with Crippen molar-refractivity contribution < 1.29 is 9.53 Å². The molecular weight excluding hydrogens is 362 g/mol. The van der Waals surface area contributed by atoms with E-state index < -0.39 is 0 Å². The van der Waals surface area contributed by atoms with Crippen LogP contribution >= 0.6 is 11.6 Å². The van der Waals surface area contributed by atoms with Crippen LogP contribution in [0.3, 0.4) is 0 Å². The Morgan fingerprint density at radius 2 is 2.00 bits per heavy atom. The van der Waals surface area contributed by atoms with Gasteiger partial charge < -0.3 is 9.64 Å². The number of aryl methyl sites for hydroxylation is 1. The molecule has 1 saturated heterocycles. The molecule has 0 bridgehead atoms. The molecule has 1 amide bonds. The number of piperidine rings is 1. The first-order valence-electron chi connectivity index (χ1n) is 9.26. The van der Waals surface area contributed by atoms with Crippen molar-refractivity contribution >= 4 is 23.6 Å². The van der Waals surface area contributed by atoms with Gasteiger partial charge in [-0.15, -0.1) is 0 Å². The van der Waals surface area contributed by atoms with Crippen molar-refractivity contribution in [2.24, 2.45) is 0 Å². The van der Waals surface area contributed by atoms with E-state index in [0.717, 1.165) is 53.5 Å². The molecule has 2 heterocycles. The predicted octanol–water partition coefficient (Wildman–Crippen LogP) is 3.85. The molecule has 1 fully saturated rings. The zero-order valence-electron chi connectivity index (χ0n) is 16.1. The van der Waals surface area contributed by atoms with Gasteiger partial charge in [0.1, 0.15) is 0 Å². The topological polar surface area (TPSA) is 47.4 Å². The van der Waals surface area contributed by atoms with Gasteiger partial charge in [0, 0.05) is 42.6 Å². The molecule has 2 aromatic rings.